The van der Waals surface area contributed by atoms with Crippen molar-refractivity contribution in [3.05, 3.63) is 29.8 Å². The van der Waals surface area contributed by atoms with E-state index in [-0.39, 0.29) is 0 Å². The van der Waals surface area contributed by atoms with Crippen LogP contribution in [0.15, 0.2) is 24.3 Å². The molecule has 1 heterocycles. The summed E-state index contributed by atoms with van der Waals surface area (Å²) in [7, 11) is 0. The first-order valence-corrected chi connectivity index (χ1v) is 8.54. The molecule has 1 aliphatic carbocycles. The Bertz CT molecular complexity index is 404. The van der Waals surface area contributed by atoms with Gasteiger partial charge in [-0.25, -0.2) is 0 Å². The van der Waals surface area contributed by atoms with E-state index in [4.69, 9.17) is 4.74 Å². The van der Waals surface area contributed by atoms with Gasteiger partial charge in [0, 0.05) is 24.3 Å². The van der Waals surface area contributed by atoms with Crippen molar-refractivity contribution in [2.45, 2.75) is 43.0 Å². The van der Waals surface area contributed by atoms with Crippen molar-refractivity contribution in [1.29, 1.82) is 0 Å². The second kappa shape index (κ2) is 5.76. The molecule has 1 unspecified atom stereocenters. The minimum absolute atomic E-state index is 0.317. The van der Waals surface area contributed by atoms with Crippen molar-refractivity contribution < 1.29 is 4.74 Å². The number of fused-ring (bicyclic) bond motifs is 1. The Morgan fingerprint density at radius 2 is 2.11 bits per heavy atom. The lowest BCUT2D eigenvalue weighted by Gasteiger charge is -2.27. The second-order valence-corrected chi connectivity index (χ2v) is 7.05. The van der Waals surface area contributed by atoms with Gasteiger partial charge in [-0.1, -0.05) is 31.0 Å². The molecule has 3 rings (SSSR count). The van der Waals surface area contributed by atoms with Crippen LogP contribution in [0.5, 0.6) is 5.75 Å². The van der Waals surface area contributed by atoms with Gasteiger partial charge in [0.15, 0.2) is 0 Å². The van der Waals surface area contributed by atoms with E-state index in [1.165, 1.54) is 31.2 Å². The highest BCUT2D eigenvalue weighted by atomic mass is 32.2. The molecule has 1 aromatic rings. The van der Waals surface area contributed by atoms with Crippen LogP contribution in [0.3, 0.4) is 0 Å². The van der Waals surface area contributed by atoms with E-state index in [0.29, 0.717) is 10.9 Å². The van der Waals surface area contributed by atoms with Crippen molar-refractivity contribution in [3.8, 4) is 5.75 Å². The zero-order chi connectivity index (χ0) is 13.1. The third kappa shape index (κ3) is 2.92. The number of hydrogen-bond donors (Lipinski definition) is 1. The molecule has 1 N–H and O–H groups in total. The molecular formula is C16H23NOS. The molecule has 1 saturated carbocycles. The highest BCUT2D eigenvalue weighted by Gasteiger charge is 2.33. The SMILES string of the molecule is CSC1(CNCC2Cc3ccccc3O2)CCCC1. The molecular weight excluding hydrogens is 254 g/mol. The fraction of sp³-hybridized carbons (Fsp3) is 0.625. The van der Waals surface area contributed by atoms with Crippen molar-refractivity contribution >= 4 is 11.8 Å². The molecule has 1 aromatic carbocycles. The molecule has 1 fully saturated rings. The summed E-state index contributed by atoms with van der Waals surface area (Å²) in [5.74, 6) is 1.08. The van der Waals surface area contributed by atoms with Crippen LogP contribution in [0.4, 0.5) is 0 Å². The summed E-state index contributed by atoms with van der Waals surface area (Å²) < 4.78 is 6.46. The Labute approximate surface area is 120 Å². The minimum Gasteiger partial charge on any atom is -0.488 e. The number of nitrogens with one attached hydrogen (secondary N) is 1. The number of benzene rings is 1. The van der Waals surface area contributed by atoms with E-state index in [1.54, 1.807) is 0 Å². The highest BCUT2D eigenvalue weighted by molar-refractivity contribution is 8.00. The summed E-state index contributed by atoms with van der Waals surface area (Å²) in [6.45, 7) is 2.10. The Morgan fingerprint density at radius 1 is 1.32 bits per heavy atom. The van der Waals surface area contributed by atoms with Crippen LogP contribution in [-0.2, 0) is 6.42 Å². The van der Waals surface area contributed by atoms with Crippen LogP contribution in [0, 0.1) is 0 Å². The van der Waals surface area contributed by atoms with Gasteiger partial charge in [-0.05, 0) is 30.7 Å². The molecule has 3 heteroatoms. The first-order chi connectivity index (χ1) is 9.31. The van der Waals surface area contributed by atoms with E-state index in [1.807, 2.05) is 11.8 Å². The molecule has 1 aliphatic heterocycles. The van der Waals surface area contributed by atoms with Crippen LogP contribution in [-0.4, -0.2) is 30.2 Å². The van der Waals surface area contributed by atoms with Crippen molar-refractivity contribution in [3.63, 3.8) is 0 Å². The molecule has 2 aliphatic rings. The smallest absolute Gasteiger partial charge is 0.123 e. The topological polar surface area (TPSA) is 21.3 Å². The van der Waals surface area contributed by atoms with Crippen LogP contribution in [0.25, 0.3) is 0 Å². The zero-order valence-electron chi connectivity index (χ0n) is 11.7. The number of hydrogen-bond acceptors (Lipinski definition) is 3. The zero-order valence-corrected chi connectivity index (χ0v) is 12.5. The van der Waals surface area contributed by atoms with Crippen LogP contribution >= 0.6 is 11.8 Å². The molecule has 0 aromatic heterocycles. The lowest BCUT2D eigenvalue weighted by molar-refractivity contribution is 0.226. The summed E-state index contributed by atoms with van der Waals surface area (Å²) in [5.41, 5.74) is 1.36. The summed E-state index contributed by atoms with van der Waals surface area (Å²) in [6, 6.07) is 8.40. The average molecular weight is 277 g/mol. The van der Waals surface area contributed by atoms with Crippen LogP contribution in [0.1, 0.15) is 31.2 Å². The molecule has 0 radical (unpaired) electrons. The molecule has 1 atom stereocenters. The Kier molecular flexibility index (Phi) is 4.04. The molecule has 0 amide bonds. The monoisotopic (exact) mass is 277 g/mol. The third-order valence-electron chi connectivity index (χ3n) is 4.48. The summed E-state index contributed by atoms with van der Waals surface area (Å²) in [4.78, 5) is 0. The van der Waals surface area contributed by atoms with E-state index in [0.717, 1.165) is 25.3 Å². The first-order valence-electron chi connectivity index (χ1n) is 7.32. The van der Waals surface area contributed by atoms with Gasteiger partial charge in [-0.15, -0.1) is 0 Å². The predicted molar refractivity (Wildman–Crippen MR) is 82.1 cm³/mol. The largest absolute Gasteiger partial charge is 0.488 e. The van der Waals surface area contributed by atoms with Gasteiger partial charge in [0.2, 0.25) is 0 Å². The van der Waals surface area contributed by atoms with Gasteiger partial charge in [0.1, 0.15) is 11.9 Å². The highest BCUT2D eigenvalue weighted by Crippen LogP contribution is 2.39. The molecule has 0 bridgehead atoms. The van der Waals surface area contributed by atoms with Crippen molar-refractivity contribution in [1.82, 2.24) is 5.32 Å². The fourth-order valence-corrected chi connectivity index (χ4v) is 4.24. The van der Waals surface area contributed by atoms with Crippen LogP contribution in [0.2, 0.25) is 0 Å². The lowest BCUT2D eigenvalue weighted by atomic mass is 10.1. The van der Waals surface area contributed by atoms with Gasteiger partial charge < -0.3 is 10.1 Å². The first kappa shape index (κ1) is 13.3. The minimum atomic E-state index is 0.317. The quantitative estimate of drug-likeness (QED) is 0.892. The third-order valence-corrected chi connectivity index (χ3v) is 5.90. The lowest BCUT2D eigenvalue weighted by Crippen LogP contribution is -2.39. The van der Waals surface area contributed by atoms with Crippen molar-refractivity contribution in [2.75, 3.05) is 19.3 Å². The fourth-order valence-electron chi connectivity index (χ4n) is 3.30. The van der Waals surface area contributed by atoms with Gasteiger partial charge in [-0.2, -0.15) is 11.8 Å². The Morgan fingerprint density at radius 3 is 2.84 bits per heavy atom. The average Bonchev–Trinajstić information content (AvgIpc) is 3.05. The summed E-state index contributed by atoms with van der Waals surface area (Å²) in [5, 5.41) is 3.65. The van der Waals surface area contributed by atoms with Gasteiger partial charge in [0.05, 0.1) is 0 Å². The van der Waals surface area contributed by atoms with Gasteiger partial charge in [0.25, 0.3) is 0 Å². The maximum Gasteiger partial charge on any atom is 0.123 e. The van der Waals surface area contributed by atoms with E-state index >= 15 is 0 Å². The molecule has 104 valence electrons. The Hall–Kier alpha value is -0.670. The maximum atomic E-state index is 5.97. The molecule has 0 saturated heterocycles. The van der Waals surface area contributed by atoms with Gasteiger partial charge >= 0.3 is 0 Å². The normalized spacial score (nSPS) is 24.2. The number of para-hydroxylation sites is 1. The summed E-state index contributed by atoms with van der Waals surface area (Å²) >= 11 is 2.05. The van der Waals surface area contributed by atoms with E-state index in [9.17, 15) is 0 Å². The molecule has 19 heavy (non-hydrogen) atoms. The van der Waals surface area contributed by atoms with E-state index in [2.05, 4.69) is 35.8 Å². The molecule has 2 nitrogen and oxygen atoms in total. The maximum absolute atomic E-state index is 5.97. The second-order valence-electron chi connectivity index (χ2n) is 5.78. The predicted octanol–water partition coefficient (Wildman–Crippen LogP) is 3.26. The van der Waals surface area contributed by atoms with Crippen LogP contribution < -0.4 is 10.1 Å². The van der Waals surface area contributed by atoms with E-state index < -0.39 is 0 Å². The Balaban J connectivity index is 1.47. The van der Waals surface area contributed by atoms with Crippen molar-refractivity contribution in [2.24, 2.45) is 0 Å². The summed E-state index contributed by atoms with van der Waals surface area (Å²) in [6.07, 6.45) is 9.16. The number of rotatable bonds is 5. The van der Waals surface area contributed by atoms with Gasteiger partial charge in [-0.3, -0.25) is 0 Å². The number of thioether (sulfide) groups is 1. The molecule has 0 spiro atoms. The number of ether oxygens (including phenoxy) is 1. The standard InChI is InChI=1S/C16H23NOS/c1-19-16(8-4-5-9-16)12-17-11-14-10-13-6-2-3-7-15(13)18-14/h2-3,6-7,14,17H,4-5,8-12H2,1H3.